The van der Waals surface area contributed by atoms with E-state index in [1.54, 1.807) is 18.2 Å². The van der Waals surface area contributed by atoms with Crippen molar-refractivity contribution in [1.29, 1.82) is 0 Å². The summed E-state index contributed by atoms with van der Waals surface area (Å²) >= 11 is 17.9. The second-order valence-corrected chi connectivity index (χ2v) is 5.75. The van der Waals surface area contributed by atoms with Crippen molar-refractivity contribution in [3.8, 4) is 0 Å². The highest BCUT2D eigenvalue weighted by Crippen LogP contribution is 2.33. The largest absolute Gasteiger partial charge is 0.368 e. The highest BCUT2D eigenvalue weighted by Gasteiger charge is 2.31. The number of nitrogens with zero attached hydrogens (tertiary/aromatic N) is 3. The summed E-state index contributed by atoms with van der Waals surface area (Å²) in [6, 6.07) is 5.19. The Kier molecular flexibility index (Phi) is 3.65. The molecule has 1 aromatic heterocycles. The van der Waals surface area contributed by atoms with E-state index < -0.39 is 0 Å². The number of rotatable bonds is 2. The van der Waals surface area contributed by atoms with Crippen molar-refractivity contribution in [1.82, 2.24) is 9.97 Å². The highest BCUT2D eigenvalue weighted by molar-refractivity contribution is 6.42. The number of hydrogen-bond acceptors (Lipinski definition) is 4. The molecule has 2 N–H and O–H groups in total. The molecule has 1 amide bonds. The molecule has 0 radical (unpaired) electrons. The Morgan fingerprint density at radius 2 is 1.95 bits per heavy atom. The quantitative estimate of drug-likeness (QED) is 0.850. The Labute approximate surface area is 135 Å². The molecule has 0 fully saturated rings. The average Bonchev–Trinajstić information content (AvgIpc) is 2.72. The summed E-state index contributed by atoms with van der Waals surface area (Å²) in [6.45, 7) is 0.315. The average molecular weight is 344 g/mol. The molecular formula is C13H9Cl3N4O. The minimum Gasteiger partial charge on any atom is -0.368 e. The van der Waals surface area contributed by atoms with Crippen LogP contribution in [0.2, 0.25) is 15.2 Å². The van der Waals surface area contributed by atoms with E-state index in [4.69, 9.17) is 40.5 Å². The van der Waals surface area contributed by atoms with Gasteiger partial charge in [-0.25, -0.2) is 4.98 Å². The molecule has 1 aromatic carbocycles. The molecule has 1 aliphatic rings. The van der Waals surface area contributed by atoms with Crippen molar-refractivity contribution < 1.29 is 4.79 Å². The van der Waals surface area contributed by atoms with Gasteiger partial charge in [0.05, 0.1) is 23.0 Å². The normalized spacial score (nSPS) is 13.7. The number of carbonyl (C=O) groups excluding carboxylic acids is 1. The van der Waals surface area contributed by atoms with Gasteiger partial charge in [-0.05, 0) is 17.7 Å². The van der Waals surface area contributed by atoms with Crippen LogP contribution in [0, 0.1) is 0 Å². The van der Waals surface area contributed by atoms with Crippen molar-refractivity contribution >= 4 is 52.5 Å². The van der Waals surface area contributed by atoms with Gasteiger partial charge in [-0.3, -0.25) is 9.69 Å². The lowest BCUT2D eigenvalue weighted by Gasteiger charge is -2.17. The first-order valence-corrected chi connectivity index (χ1v) is 7.15. The first-order chi connectivity index (χ1) is 9.95. The topological polar surface area (TPSA) is 72.1 Å². The maximum absolute atomic E-state index is 12.2. The number of halogens is 3. The number of hydrogen-bond donors (Lipinski definition) is 1. The van der Waals surface area contributed by atoms with Gasteiger partial charge in [0.1, 0.15) is 11.0 Å². The molecule has 2 heterocycles. The van der Waals surface area contributed by atoms with Crippen LogP contribution in [0.25, 0.3) is 0 Å². The van der Waals surface area contributed by atoms with Gasteiger partial charge in [-0.1, -0.05) is 40.9 Å². The van der Waals surface area contributed by atoms with Gasteiger partial charge in [0.15, 0.2) is 0 Å². The number of benzene rings is 1. The van der Waals surface area contributed by atoms with E-state index in [9.17, 15) is 4.79 Å². The Morgan fingerprint density at radius 3 is 2.67 bits per heavy atom. The molecule has 0 unspecified atom stereocenters. The van der Waals surface area contributed by atoms with Crippen LogP contribution in [0.1, 0.15) is 11.1 Å². The highest BCUT2D eigenvalue weighted by atomic mass is 35.5. The monoisotopic (exact) mass is 342 g/mol. The van der Waals surface area contributed by atoms with E-state index in [1.807, 2.05) is 0 Å². The van der Waals surface area contributed by atoms with Crippen LogP contribution in [-0.4, -0.2) is 15.9 Å². The lowest BCUT2D eigenvalue weighted by atomic mass is 10.2. The summed E-state index contributed by atoms with van der Waals surface area (Å²) in [5.74, 6) is 0.369. The first kappa shape index (κ1) is 14.4. The van der Waals surface area contributed by atoms with Gasteiger partial charge in [-0.15, -0.1) is 0 Å². The minimum atomic E-state index is -0.113. The van der Waals surface area contributed by atoms with E-state index in [0.717, 1.165) is 5.56 Å². The third kappa shape index (κ3) is 2.64. The van der Waals surface area contributed by atoms with E-state index >= 15 is 0 Å². The lowest BCUT2D eigenvalue weighted by molar-refractivity contribution is -0.117. The summed E-state index contributed by atoms with van der Waals surface area (Å²) in [5, 5.41) is 1.10. The van der Waals surface area contributed by atoms with Crippen LogP contribution in [0.5, 0.6) is 0 Å². The Hall–Kier alpha value is -1.56. The summed E-state index contributed by atoms with van der Waals surface area (Å²) in [7, 11) is 0. The SMILES string of the molecule is Nc1nc(Cl)c2c(n1)N(Cc1ccc(Cl)c(Cl)c1)C(=O)C2. The summed E-state index contributed by atoms with van der Waals surface area (Å²) in [5.41, 5.74) is 7.02. The van der Waals surface area contributed by atoms with Crippen molar-refractivity contribution in [2.45, 2.75) is 13.0 Å². The molecule has 8 heteroatoms. The maximum atomic E-state index is 12.2. The van der Waals surface area contributed by atoms with Crippen LogP contribution in [-0.2, 0) is 17.8 Å². The molecule has 0 saturated carbocycles. The standard InChI is InChI=1S/C13H9Cl3N4O/c14-8-2-1-6(3-9(8)15)5-20-10(21)4-7-11(16)18-13(17)19-12(7)20/h1-3H,4-5H2,(H2,17,18,19). The van der Waals surface area contributed by atoms with E-state index in [2.05, 4.69) is 9.97 Å². The van der Waals surface area contributed by atoms with Crippen LogP contribution in [0.15, 0.2) is 18.2 Å². The zero-order valence-corrected chi connectivity index (χ0v) is 12.9. The molecule has 0 bridgehead atoms. The molecule has 0 saturated heterocycles. The third-order valence-electron chi connectivity index (χ3n) is 3.16. The van der Waals surface area contributed by atoms with Crippen LogP contribution in [0.4, 0.5) is 11.8 Å². The molecule has 108 valence electrons. The molecular weight excluding hydrogens is 335 g/mol. The molecule has 0 aliphatic carbocycles. The Bertz CT molecular complexity index is 750. The first-order valence-electron chi connectivity index (χ1n) is 6.02. The summed E-state index contributed by atoms with van der Waals surface area (Å²) in [4.78, 5) is 21.6. The fourth-order valence-electron chi connectivity index (χ4n) is 2.18. The van der Waals surface area contributed by atoms with E-state index in [-0.39, 0.29) is 23.4 Å². The molecule has 2 aromatic rings. The van der Waals surface area contributed by atoms with E-state index in [0.29, 0.717) is 28.0 Å². The molecule has 0 spiro atoms. The van der Waals surface area contributed by atoms with Crippen LogP contribution >= 0.6 is 34.8 Å². The fraction of sp³-hybridized carbons (Fsp3) is 0.154. The predicted octanol–water partition coefficient (Wildman–Crippen LogP) is 3.11. The minimum absolute atomic E-state index is 0.0348. The van der Waals surface area contributed by atoms with Crippen molar-refractivity contribution in [3.05, 3.63) is 44.5 Å². The number of anilines is 2. The zero-order valence-electron chi connectivity index (χ0n) is 10.6. The maximum Gasteiger partial charge on any atom is 0.233 e. The lowest BCUT2D eigenvalue weighted by Crippen LogP contribution is -2.26. The van der Waals surface area contributed by atoms with Gasteiger partial charge in [-0.2, -0.15) is 4.98 Å². The predicted molar refractivity (Wildman–Crippen MR) is 82.8 cm³/mol. The Balaban J connectivity index is 1.97. The second kappa shape index (κ2) is 5.33. The zero-order chi connectivity index (χ0) is 15.1. The van der Waals surface area contributed by atoms with E-state index in [1.165, 1.54) is 4.90 Å². The van der Waals surface area contributed by atoms with Crippen LogP contribution in [0.3, 0.4) is 0 Å². The molecule has 3 rings (SSSR count). The van der Waals surface area contributed by atoms with Gasteiger partial charge in [0, 0.05) is 5.56 Å². The molecule has 0 atom stereocenters. The van der Waals surface area contributed by atoms with Crippen LogP contribution < -0.4 is 10.6 Å². The number of nitrogens with two attached hydrogens (primary N) is 1. The number of fused-ring (bicyclic) bond motifs is 1. The number of nitrogen functional groups attached to an aromatic ring is 1. The van der Waals surface area contributed by atoms with Gasteiger partial charge < -0.3 is 5.73 Å². The van der Waals surface area contributed by atoms with Gasteiger partial charge >= 0.3 is 0 Å². The molecule has 5 nitrogen and oxygen atoms in total. The molecule has 21 heavy (non-hydrogen) atoms. The number of carbonyl (C=O) groups is 1. The summed E-state index contributed by atoms with van der Waals surface area (Å²) in [6.07, 6.45) is 0.162. The third-order valence-corrected chi connectivity index (χ3v) is 4.21. The van der Waals surface area contributed by atoms with Gasteiger partial charge in [0.25, 0.3) is 0 Å². The van der Waals surface area contributed by atoms with Crippen molar-refractivity contribution in [2.24, 2.45) is 0 Å². The number of amides is 1. The Morgan fingerprint density at radius 1 is 1.19 bits per heavy atom. The molecule has 1 aliphatic heterocycles. The van der Waals surface area contributed by atoms with Gasteiger partial charge in [0.2, 0.25) is 11.9 Å². The second-order valence-electron chi connectivity index (χ2n) is 4.58. The fourth-order valence-corrected chi connectivity index (χ4v) is 2.74. The number of aromatic nitrogens is 2. The smallest absolute Gasteiger partial charge is 0.233 e. The summed E-state index contributed by atoms with van der Waals surface area (Å²) < 4.78 is 0. The van der Waals surface area contributed by atoms with Crippen molar-refractivity contribution in [3.63, 3.8) is 0 Å². The van der Waals surface area contributed by atoms with Crippen molar-refractivity contribution in [2.75, 3.05) is 10.6 Å².